The fourth-order valence-electron chi connectivity index (χ4n) is 3.72. The number of nitrogens with zero attached hydrogens (tertiary/aromatic N) is 3. The summed E-state index contributed by atoms with van der Waals surface area (Å²) in [5.74, 6) is 0.134. The summed E-state index contributed by atoms with van der Waals surface area (Å²) >= 11 is 0. The molecule has 0 spiro atoms. The number of anilines is 1. The maximum Gasteiger partial charge on any atom is 0.416 e. The highest BCUT2D eigenvalue weighted by Gasteiger charge is 2.30. The molecule has 0 aliphatic rings. The summed E-state index contributed by atoms with van der Waals surface area (Å²) in [5.41, 5.74) is -1.34. The van der Waals surface area contributed by atoms with Crippen LogP contribution in [-0.4, -0.2) is 25.0 Å². The lowest BCUT2D eigenvalue weighted by atomic mass is 10.2. The van der Waals surface area contributed by atoms with Crippen LogP contribution in [0.2, 0.25) is 0 Å². The second-order valence-corrected chi connectivity index (χ2v) is 8.60. The number of amides is 1. The number of alkyl halides is 3. The quantitative estimate of drug-likeness (QED) is 0.486. The zero-order chi connectivity index (χ0) is 25.0. The number of nitrogens with one attached hydrogen (secondary N) is 2. The van der Waals surface area contributed by atoms with Crippen molar-refractivity contribution in [3.05, 3.63) is 56.5 Å². The van der Waals surface area contributed by atoms with Gasteiger partial charge in [0.2, 0.25) is 5.91 Å². The number of fused-ring (bicyclic) bond motifs is 1. The minimum atomic E-state index is -4.51. The van der Waals surface area contributed by atoms with Gasteiger partial charge < -0.3 is 9.88 Å². The number of hydrogen-bond donors (Lipinski definition) is 2. The molecule has 2 N–H and O–H groups in total. The molecule has 0 radical (unpaired) electrons. The fourth-order valence-corrected chi connectivity index (χ4v) is 3.72. The molecule has 0 saturated carbocycles. The Morgan fingerprint density at radius 3 is 2.59 bits per heavy atom. The van der Waals surface area contributed by atoms with Gasteiger partial charge in [-0.05, 0) is 30.5 Å². The van der Waals surface area contributed by atoms with Crippen molar-refractivity contribution in [2.75, 3.05) is 5.32 Å². The molecule has 1 aromatic carbocycles. The van der Waals surface area contributed by atoms with Crippen molar-refractivity contribution in [2.24, 2.45) is 5.92 Å². The highest BCUT2D eigenvalue weighted by Crippen LogP contribution is 2.30. The van der Waals surface area contributed by atoms with Gasteiger partial charge in [0.25, 0.3) is 5.56 Å². The second-order valence-electron chi connectivity index (χ2n) is 8.60. The molecular formula is C23H28F3N5O3. The molecule has 3 aromatic rings. The number of aromatic amines is 1. The lowest BCUT2D eigenvalue weighted by molar-refractivity contribution is -0.137. The second kappa shape index (κ2) is 10.3. The lowest BCUT2D eigenvalue weighted by Gasteiger charge is -2.12. The van der Waals surface area contributed by atoms with Crippen molar-refractivity contribution in [1.29, 1.82) is 0 Å². The van der Waals surface area contributed by atoms with Crippen LogP contribution in [-0.2, 0) is 30.5 Å². The van der Waals surface area contributed by atoms with E-state index in [2.05, 4.69) is 15.3 Å². The molecule has 0 saturated heterocycles. The fraction of sp³-hybridized carbons (Fsp3) is 0.478. The van der Waals surface area contributed by atoms with Crippen LogP contribution >= 0.6 is 0 Å². The van der Waals surface area contributed by atoms with E-state index in [1.54, 1.807) is 4.57 Å². The Kier molecular flexibility index (Phi) is 7.63. The number of imidazole rings is 1. The molecule has 8 nitrogen and oxygen atoms in total. The summed E-state index contributed by atoms with van der Waals surface area (Å²) in [4.78, 5) is 44.4. The molecule has 0 bridgehead atoms. The first-order valence-electron chi connectivity index (χ1n) is 11.2. The molecule has 0 aliphatic heterocycles. The first-order chi connectivity index (χ1) is 16.0. The molecule has 11 heteroatoms. The molecule has 0 unspecified atom stereocenters. The maximum atomic E-state index is 12.9. The Labute approximate surface area is 193 Å². The van der Waals surface area contributed by atoms with Gasteiger partial charge in [0.1, 0.15) is 5.82 Å². The number of rotatable bonds is 9. The largest absolute Gasteiger partial charge is 0.416 e. The van der Waals surface area contributed by atoms with Crippen LogP contribution in [0.15, 0.2) is 33.9 Å². The number of hydrogen-bond acceptors (Lipinski definition) is 4. The van der Waals surface area contributed by atoms with E-state index in [-0.39, 0.29) is 35.6 Å². The van der Waals surface area contributed by atoms with Crippen molar-refractivity contribution >= 4 is 22.8 Å². The minimum absolute atomic E-state index is 0.0420. The molecule has 0 fully saturated rings. The highest BCUT2D eigenvalue weighted by molar-refractivity contribution is 5.90. The van der Waals surface area contributed by atoms with Gasteiger partial charge in [-0.25, -0.2) is 9.78 Å². The molecule has 184 valence electrons. The Hall–Kier alpha value is -3.37. The van der Waals surface area contributed by atoms with Crippen molar-refractivity contribution in [3.8, 4) is 0 Å². The third-order valence-electron chi connectivity index (χ3n) is 5.30. The highest BCUT2D eigenvalue weighted by atomic mass is 19.4. The van der Waals surface area contributed by atoms with E-state index in [9.17, 15) is 27.6 Å². The first-order valence-corrected chi connectivity index (χ1v) is 11.2. The monoisotopic (exact) mass is 479 g/mol. The molecule has 3 rings (SSSR count). The zero-order valence-electron chi connectivity index (χ0n) is 19.3. The van der Waals surface area contributed by atoms with Crippen molar-refractivity contribution in [3.63, 3.8) is 0 Å². The van der Waals surface area contributed by atoms with Crippen molar-refractivity contribution in [1.82, 2.24) is 19.1 Å². The number of H-pyrrole nitrogens is 1. The number of carbonyl (C=O) groups is 1. The van der Waals surface area contributed by atoms with E-state index in [1.807, 2.05) is 20.8 Å². The minimum Gasteiger partial charge on any atom is -0.326 e. The van der Waals surface area contributed by atoms with Gasteiger partial charge in [-0.15, -0.1) is 0 Å². The van der Waals surface area contributed by atoms with E-state index in [0.29, 0.717) is 18.9 Å². The normalized spacial score (nSPS) is 12.0. The number of carbonyl (C=O) groups excluding carboxylic acids is 1. The van der Waals surface area contributed by atoms with Gasteiger partial charge in [-0.2, -0.15) is 13.2 Å². The van der Waals surface area contributed by atoms with Crippen LogP contribution in [0.5, 0.6) is 0 Å². The number of halogens is 3. The van der Waals surface area contributed by atoms with Gasteiger partial charge in [0, 0.05) is 31.6 Å². The average Bonchev–Trinajstić information content (AvgIpc) is 3.09. The van der Waals surface area contributed by atoms with E-state index in [0.717, 1.165) is 25.0 Å². The summed E-state index contributed by atoms with van der Waals surface area (Å²) in [6.45, 7) is 6.78. The Morgan fingerprint density at radius 1 is 1.21 bits per heavy atom. The molecular weight excluding hydrogens is 451 g/mol. The Balaban J connectivity index is 1.89. The third-order valence-corrected chi connectivity index (χ3v) is 5.30. The Morgan fingerprint density at radius 2 is 1.94 bits per heavy atom. The third kappa shape index (κ3) is 5.75. The summed E-state index contributed by atoms with van der Waals surface area (Å²) in [6, 6.07) is 4.41. The topological polar surface area (TPSA) is 102 Å². The summed E-state index contributed by atoms with van der Waals surface area (Å²) in [7, 11) is 0. The van der Waals surface area contributed by atoms with Crippen molar-refractivity contribution in [2.45, 2.75) is 65.7 Å². The van der Waals surface area contributed by atoms with Crippen molar-refractivity contribution < 1.29 is 18.0 Å². The Bertz CT molecular complexity index is 1290. The van der Waals surface area contributed by atoms with Crippen LogP contribution < -0.4 is 16.6 Å². The van der Waals surface area contributed by atoms with E-state index >= 15 is 0 Å². The van der Waals surface area contributed by atoms with Gasteiger partial charge >= 0.3 is 11.9 Å². The zero-order valence-corrected chi connectivity index (χ0v) is 19.3. The molecule has 0 aliphatic carbocycles. The standard InChI is InChI=1S/C23H28F3N5O3/c1-4-5-11-30-20-19(21(33)29-22(30)34)31(13-14(2)3)17(28-20)9-10-18(32)27-16-8-6-7-15(12-16)23(24,25)26/h6-8,12,14H,4-5,9-11,13H2,1-3H3,(H,27,32)(H,29,33,34). The van der Waals surface area contributed by atoms with E-state index in [4.69, 9.17) is 0 Å². The maximum absolute atomic E-state index is 12.9. The summed E-state index contributed by atoms with van der Waals surface area (Å²) in [6.07, 6.45) is -2.85. The van der Waals surface area contributed by atoms with Gasteiger partial charge in [0.05, 0.1) is 5.56 Å². The van der Waals surface area contributed by atoms with Gasteiger partial charge in [-0.1, -0.05) is 33.3 Å². The smallest absolute Gasteiger partial charge is 0.326 e. The number of unbranched alkanes of at least 4 members (excludes halogenated alkanes) is 1. The number of aryl methyl sites for hydroxylation is 2. The summed E-state index contributed by atoms with van der Waals surface area (Å²) in [5, 5.41) is 2.48. The van der Waals surface area contributed by atoms with Gasteiger partial charge in [0.15, 0.2) is 11.2 Å². The lowest BCUT2D eigenvalue weighted by Crippen LogP contribution is -2.31. The summed E-state index contributed by atoms with van der Waals surface area (Å²) < 4.78 is 41.9. The van der Waals surface area contributed by atoms with E-state index in [1.165, 1.54) is 16.7 Å². The predicted molar refractivity (Wildman–Crippen MR) is 123 cm³/mol. The van der Waals surface area contributed by atoms with Crippen LogP contribution in [0.25, 0.3) is 11.2 Å². The number of benzene rings is 1. The first kappa shape index (κ1) is 25.3. The van der Waals surface area contributed by atoms with Crippen LogP contribution in [0.4, 0.5) is 18.9 Å². The van der Waals surface area contributed by atoms with Crippen LogP contribution in [0.1, 0.15) is 51.4 Å². The van der Waals surface area contributed by atoms with Gasteiger partial charge in [-0.3, -0.25) is 19.1 Å². The molecule has 2 aromatic heterocycles. The molecule has 2 heterocycles. The number of aromatic nitrogens is 4. The molecule has 1 amide bonds. The van der Waals surface area contributed by atoms with E-state index < -0.39 is 28.9 Å². The average molecular weight is 480 g/mol. The SMILES string of the molecule is CCCCn1c(=O)[nH]c(=O)c2c1nc(CCC(=O)Nc1cccc(C(F)(F)F)c1)n2CC(C)C. The molecule has 0 atom stereocenters. The van der Waals surface area contributed by atoms with Crippen LogP contribution in [0, 0.1) is 5.92 Å². The van der Waals surface area contributed by atoms with Crippen LogP contribution in [0.3, 0.4) is 0 Å². The predicted octanol–water partition coefficient (Wildman–Crippen LogP) is 3.93. The molecule has 34 heavy (non-hydrogen) atoms.